The van der Waals surface area contributed by atoms with E-state index in [1.807, 2.05) is 22.6 Å². The van der Waals surface area contributed by atoms with E-state index in [0.717, 1.165) is 0 Å². The van der Waals surface area contributed by atoms with Crippen LogP contribution in [0, 0.1) is 0 Å². The molecule has 0 bridgehead atoms. The number of hydrogen-bond donors (Lipinski definition) is 0. The maximum atomic E-state index is 11.4. The molecule has 8 heteroatoms. The van der Waals surface area contributed by atoms with E-state index in [-0.39, 0.29) is 12.8 Å². The second-order valence-corrected chi connectivity index (χ2v) is 5.50. The number of hydrogen-bond acceptors (Lipinski definition) is 7. The predicted octanol–water partition coefficient (Wildman–Crippen LogP) is 1.52. The first-order chi connectivity index (χ1) is 10.4. The van der Waals surface area contributed by atoms with E-state index in [1.165, 1.54) is 21.0 Å². The van der Waals surface area contributed by atoms with Crippen LogP contribution < -0.4 is 0 Å². The van der Waals surface area contributed by atoms with Crippen LogP contribution in [0.1, 0.15) is 26.7 Å². The van der Waals surface area contributed by atoms with Crippen LogP contribution in [0.15, 0.2) is 10.2 Å². The fourth-order valence-electron chi connectivity index (χ4n) is 2.25. The Bertz CT molecular complexity index is 448. The van der Waals surface area contributed by atoms with E-state index >= 15 is 0 Å². The number of carbonyl (C=O) groups is 3. The molecule has 0 unspecified atom stereocenters. The lowest BCUT2D eigenvalue weighted by Crippen LogP contribution is -2.51. The molecule has 1 aliphatic heterocycles. The Hall–Kier alpha value is -1.16. The average Bonchev–Trinajstić information content (AvgIpc) is 2.41. The van der Waals surface area contributed by atoms with Crippen molar-refractivity contribution in [1.29, 1.82) is 0 Å². The smallest absolute Gasteiger partial charge is 0.308 e. The summed E-state index contributed by atoms with van der Waals surface area (Å²) < 4.78 is 22.6. The van der Waals surface area contributed by atoms with E-state index in [9.17, 15) is 14.4 Å². The second-order valence-electron chi connectivity index (χ2n) is 4.78. The van der Waals surface area contributed by atoms with Crippen molar-refractivity contribution in [2.75, 3.05) is 7.11 Å². The van der Waals surface area contributed by atoms with E-state index in [2.05, 4.69) is 4.74 Å². The molecule has 22 heavy (non-hydrogen) atoms. The third-order valence-corrected chi connectivity index (χ3v) is 3.45. The number of ether oxygens (including phenoxy) is 4. The number of esters is 3. The van der Waals surface area contributed by atoms with E-state index in [0.29, 0.717) is 0 Å². The van der Waals surface area contributed by atoms with Gasteiger partial charge in [0.15, 0.2) is 6.10 Å². The molecule has 0 N–H and O–H groups in total. The summed E-state index contributed by atoms with van der Waals surface area (Å²) in [6.45, 7) is 2.55. The normalized spacial score (nSPS) is 28.2. The molecule has 1 fully saturated rings. The largest absolute Gasteiger partial charge is 0.469 e. The molecule has 7 nitrogen and oxygen atoms in total. The van der Waals surface area contributed by atoms with Crippen molar-refractivity contribution in [1.82, 2.24) is 0 Å². The molecular formula is C14H19IO7. The molecule has 0 aromatic carbocycles. The van der Waals surface area contributed by atoms with Crippen molar-refractivity contribution in [3.63, 3.8) is 0 Å². The molecule has 1 heterocycles. The lowest BCUT2D eigenvalue weighted by Gasteiger charge is -2.39. The highest BCUT2D eigenvalue weighted by Crippen LogP contribution is 2.28. The van der Waals surface area contributed by atoms with Gasteiger partial charge >= 0.3 is 17.9 Å². The molecule has 1 aliphatic rings. The molecule has 124 valence electrons. The van der Waals surface area contributed by atoms with Gasteiger partial charge in [0.2, 0.25) is 0 Å². The number of carbonyl (C=O) groups excluding carboxylic acids is 3. The summed E-state index contributed by atoms with van der Waals surface area (Å²) in [4.78, 5) is 34.0. The zero-order chi connectivity index (χ0) is 16.7. The highest BCUT2D eigenvalue weighted by atomic mass is 127. The van der Waals surface area contributed by atoms with E-state index < -0.39 is 42.3 Å². The lowest BCUT2D eigenvalue weighted by molar-refractivity contribution is -0.200. The van der Waals surface area contributed by atoms with Crippen LogP contribution in [-0.4, -0.2) is 49.4 Å². The number of methoxy groups -OCH3 is 1. The molecule has 0 aliphatic carbocycles. The lowest BCUT2D eigenvalue weighted by atomic mass is 9.95. The maximum absolute atomic E-state index is 11.4. The fraction of sp³-hybridized carbons (Fsp3) is 0.643. The van der Waals surface area contributed by atoms with Gasteiger partial charge in [-0.05, 0) is 10.2 Å². The first kappa shape index (κ1) is 18.9. The van der Waals surface area contributed by atoms with Crippen molar-refractivity contribution >= 4 is 40.5 Å². The van der Waals surface area contributed by atoms with Crippen molar-refractivity contribution < 1.29 is 33.3 Å². The predicted molar refractivity (Wildman–Crippen MR) is 84.2 cm³/mol. The van der Waals surface area contributed by atoms with Crippen LogP contribution in [0.5, 0.6) is 0 Å². The summed E-state index contributed by atoms with van der Waals surface area (Å²) in [5.41, 5.74) is 0. The maximum Gasteiger partial charge on any atom is 0.308 e. The standard InChI is InChI=1S/C14H19IO7/c1-8(16)20-12-6-10(7-13(18)19-3)22-11(4-5-15)14(12)21-9(2)17/h4-5,10-12,14H,6-7H2,1-3H3/b5-4+/t10-,11-,12-,14-/m0/s1. The van der Waals surface area contributed by atoms with Gasteiger partial charge in [-0.3, -0.25) is 14.4 Å². The summed E-state index contributed by atoms with van der Waals surface area (Å²) >= 11 is 2.01. The van der Waals surface area contributed by atoms with Crippen LogP contribution >= 0.6 is 22.6 Å². The van der Waals surface area contributed by atoms with Gasteiger partial charge in [0.25, 0.3) is 0 Å². The monoisotopic (exact) mass is 426 g/mol. The molecule has 0 radical (unpaired) electrons. The SMILES string of the molecule is COC(=O)C[C@@H]1C[C@H](OC(C)=O)[C@@H](OC(C)=O)[C@H](/C=C/I)O1. The average molecular weight is 426 g/mol. The van der Waals surface area contributed by atoms with Crippen molar-refractivity contribution in [2.45, 2.75) is 51.1 Å². The minimum Gasteiger partial charge on any atom is -0.469 e. The van der Waals surface area contributed by atoms with E-state index in [1.54, 1.807) is 10.2 Å². The quantitative estimate of drug-likeness (QED) is 0.374. The summed E-state index contributed by atoms with van der Waals surface area (Å²) in [6.07, 6.45) is -0.544. The summed E-state index contributed by atoms with van der Waals surface area (Å²) in [6, 6.07) is 0. The Morgan fingerprint density at radius 2 is 1.86 bits per heavy atom. The van der Waals surface area contributed by atoms with Crippen LogP contribution in [0.2, 0.25) is 0 Å². The van der Waals surface area contributed by atoms with Crippen LogP contribution in [0.4, 0.5) is 0 Å². The minimum atomic E-state index is -0.749. The topological polar surface area (TPSA) is 88.1 Å². The van der Waals surface area contributed by atoms with E-state index in [4.69, 9.17) is 14.2 Å². The molecule has 1 saturated heterocycles. The molecule has 0 aromatic rings. The van der Waals surface area contributed by atoms with Crippen molar-refractivity contribution in [3.05, 3.63) is 10.2 Å². The molecule has 0 spiro atoms. The summed E-state index contributed by atoms with van der Waals surface area (Å²) in [5.74, 6) is -1.41. The van der Waals surface area contributed by atoms with Gasteiger partial charge in [0.1, 0.15) is 12.2 Å². The number of rotatable bonds is 5. The molecule has 0 amide bonds. The molecule has 1 rings (SSSR count). The third-order valence-electron chi connectivity index (χ3n) is 3.04. The van der Waals surface area contributed by atoms with Crippen molar-refractivity contribution in [2.24, 2.45) is 0 Å². The van der Waals surface area contributed by atoms with Gasteiger partial charge in [-0.1, -0.05) is 22.6 Å². The first-order valence-corrected chi connectivity index (χ1v) is 7.95. The van der Waals surface area contributed by atoms with Crippen molar-refractivity contribution in [3.8, 4) is 0 Å². The number of halogens is 1. The van der Waals surface area contributed by atoms with Gasteiger partial charge in [0.05, 0.1) is 19.6 Å². The van der Waals surface area contributed by atoms with Crippen LogP contribution in [0.25, 0.3) is 0 Å². The zero-order valence-corrected chi connectivity index (χ0v) is 14.8. The molecule has 4 atom stereocenters. The highest BCUT2D eigenvalue weighted by molar-refractivity contribution is 14.1. The Morgan fingerprint density at radius 1 is 1.23 bits per heavy atom. The summed E-state index contributed by atoms with van der Waals surface area (Å²) in [7, 11) is 1.29. The minimum absolute atomic E-state index is 0.0344. The van der Waals surface area contributed by atoms with Gasteiger partial charge in [-0.15, -0.1) is 0 Å². The second kappa shape index (κ2) is 9.09. The van der Waals surface area contributed by atoms with Gasteiger partial charge < -0.3 is 18.9 Å². The Morgan fingerprint density at radius 3 is 2.36 bits per heavy atom. The fourth-order valence-corrected chi connectivity index (χ4v) is 2.66. The first-order valence-electron chi connectivity index (χ1n) is 6.71. The molecule has 0 aromatic heterocycles. The van der Waals surface area contributed by atoms with Gasteiger partial charge in [-0.25, -0.2) is 0 Å². The third kappa shape index (κ3) is 5.91. The zero-order valence-electron chi connectivity index (χ0n) is 12.6. The Balaban J connectivity index is 2.94. The molecule has 0 saturated carbocycles. The van der Waals surface area contributed by atoms with Gasteiger partial charge in [0, 0.05) is 20.3 Å². The highest BCUT2D eigenvalue weighted by Gasteiger charge is 2.42. The Labute approximate surface area is 142 Å². The van der Waals surface area contributed by atoms with Gasteiger partial charge in [-0.2, -0.15) is 0 Å². The summed E-state index contributed by atoms with van der Waals surface area (Å²) in [5, 5.41) is 0. The van der Waals surface area contributed by atoms with Crippen LogP contribution in [0.3, 0.4) is 0 Å². The van der Waals surface area contributed by atoms with Crippen LogP contribution in [-0.2, 0) is 33.3 Å². The molecular weight excluding hydrogens is 407 g/mol. The Kier molecular flexibility index (Phi) is 7.80.